The van der Waals surface area contributed by atoms with Crippen molar-refractivity contribution in [3.8, 4) is 0 Å². The summed E-state index contributed by atoms with van der Waals surface area (Å²) in [5.74, 6) is -12.0. The molecule has 0 saturated carbocycles. The Labute approximate surface area is 400 Å². The molecule has 382 valence electrons. The number of aliphatic carboxylic acids is 2. The molecule has 3 aromatic heterocycles. The number of amides is 9. The van der Waals surface area contributed by atoms with Crippen LogP contribution < -0.4 is 48.3 Å². The fourth-order valence-corrected chi connectivity index (χ4v) is 6.75. The molecular weight excluding hydrogens is 923 g/mol. The number of hydrogen-bond acceptors (Lipinski definition) is 14. The molecule has 9 amide bonds. The fraction of sp³-hybridized carbons (Fsp3) is 0.524. The van der Waals surface area contributed by atoms with E-state index in [0.29, 0.717) is 23.5 Å². The molecule has 0 bridgehead atoms. The number of carboxylic acids is 2. The molecule has 15 N–H and O–H groups in total. The van der Waals surface area contributed by atoms with Gasteiger partial charge >= 0.3 is 11.9 Å². The summed E-state index contributed by atoms with van der Waals surface area (Å²) in [4.78, 5) is 163. The fourth-order valence-electron chi connectivity index (χ4n) is 6.75. The number of primary amides is 1. The van der Waals surface area contributed by atoms with Crippen LogP contribution in [0.3, 0.4) is 0 Å². The van der Waals surface area contributed by atoms with Crippen LogP contribution in [0.1, 0.15) is 77.4 Å². The van der Waals surface area contributed by atoms with E-state index in [-0.39, 0.29) is 25.2 Å². The van der Waals surface area contributed by atoms with Gasteiger partial charge in [-0.1, -0.05) is 34.1 Å². The van der Waals surface area contributed by atoms with E-state index in [0.717, 1.165) is 6.92 Å². The second-order valence-electron chi connectivity index (χ2n) is 16.7. The van der Waals surface area contributed by atoms with Crippen molar-refractivity contribution in [3.63, 3.8) is 0 Å². The molecule has 0 aliphatic rings. The summed E-state index contributed by atoms with van der Waals surface area (Å²) < 4.78 is 0. The van der Waals surface area contributed by atoms with Gasteiger partial charge < -0.3 is 73.4 Å². The minimum Gasteiger partial charge on any atom is -0.481 e. The van der Waals surface area contributed by atoms with Gasteiger partial charge in [-0.05, 0) is 18.3 Å². The molecule has 0 spiro atoms. The summed E-state index contributed by atoms with van der Waals surface area (Å²) >= 11 is 0. The lowest BCUT2D eigenvalue weighted by molar-refractivity contribution is -0.141. The normalized spacial score (nSPS) is 14.4. The van der Waals surface area contributed by atoms with Crippen molar-refractivity contribution in [2.24, 2.45) is 17.6 Å². The number of aromatic nitrogens is 6. The van der Waals surface area contributed by atoms with Crippen LogP contribution >= 0.6 is 0 Å². The number of aromatic amines is 3. The van der Waals surface area contributed by atoms with E-state index >= 15 is 0 Å². The number of carbonyl (C=O) groups is 11. The molecule has 70 heavy (non-hydrogen) atoms. The Balaban J connectivity index is 1.79. The number of rotatable bonds is 30. The standard InChI is InChI=1S/C42H61N15O13/c1-6-21(4)35(36(43)64)57-40(68)28(10-24-14-45-18-49-24)52-31(59)16-47-42(70)34(20(2)3)56-41(69)29(11-25-15-46-19-50-25)54-39(67)30(12-33(62)63)55-37(65)26(7-8-32(60)61)53-38(66)27(51-22(5)58)9-23-13-44-17-48-23/h13-15,17-21,26-30,34-35H,6-12,16H2,1-5H3,(H2,43,64)(H,44,48)(H,45,49)(H,46,50)(H,47,70)(H,51,58)(H,52,59)(H,53,66)(H,54,67)(H,55,65)(H,56,69)(H,57,68)(H,60,61)(H,62,63)/t21-,26-,27-,28-,29-,30-,34-,35-/m0/s1. The molecule has 3 aromatic rings. The molecule has 0 fully saturated rings. The van der Waals surface area contributed by atoms with Gasteiger partial charge in [0, 0.05) is 68.3 Å². The van der Waals surface area contributed by atoms with E-state index in [2.05, 4.69) is 72.4 Å². The monoisotopic (exact) mass is 983 g/mol. The third kappa shape index (κ3) is 18.8. The number of nitrogens with zero attached hydrogens (tertiary/aromatic N) is 3. The minimum absolute atomic E-state index is 0.0852. The second kappa shape index (κ2) is 27.6. The van der Waals surface area contributed by atoms with Gasteiger partial charge in [0.25, 0.3) is 0 Å². The summed E-state index contributed by atoms with van der Waals surface area (Å²) in [5, 5.41) is 38.6. The Morgan fingerprint density at radius 1 is 0.571 bits per heavy atom. The maximum atomic E-state index is 14.0. The number of carboxylic acid groups (broad SMARTS) is 2. The number of nitrogens with two attached hydrogens (primary N) is 1. The smallest absolute Gasteiger partial charge is 0.305 e. The van der Waals surface area contributed by atoms with Gasteiger partial charge in [-0.15, -0.1) is 0 Å². The maximum Gasteiger partial charge on any atom is 0.305 e. The van der Waals surface area contributed by atoms with E-state index < -0.39 is 139 Å². The van der Waals surface area contributed by atoms with Crippen LogP contribution in [0.25, 0.3) is 0 Å². The van der Waals surface area contributed by atoms with Crippen LogP contribution in [-0.2, 0) is 72.0 Å². The van der Waals surface area contributed by atoms with Gasteiger partial charge in [-0.3, -0.25) is 52.7 Å². The zero-order chi connectivity index (χ0) is 52.1. The summed E-state index contributed by atoms with van der Waals surface area (Å²) in [7, 11) is 0. The molecule has 0 radical (unpaired) electrons. The molecule has 8 atom stereocenters. The first-order valence-electron chi connectivity index (χ1n) is 22.1. The predicted octanol–water partition coefficient (Wildman–Crippen LogP) is -4.06. The third-order valence-electron chi connectivity index (χ3n) is 10.7. The molecular formula is C42H61N15O13. The van der Waals surface area contributed by atoms with Gasteiger partial charge in [0.2, 0.25) is 53.2 Å². The highest BCUT2D eigenvalue weighted by molar-refractivity contribution is 5.98. The number of H-pyrrole nitrogens is 3. The molecule has 0 aliphatic carbocycles. The molecule has 0 aromatic carbocycles. The number of nitrogens with one attached hydrogen (secondary N) is 11. The van der Waals surface area contributed by atoms with Crippen LogP contribution in [0.2, 0.25) is 0 Å². The highest BCUT2D eigenvalue weighted by Crippen LogP contribution is 2.11. The molecule has 3 rings (SSSR count). The van der Waals surface area contributed by atoms with Gasteiger partial charge in [0.1, 0.15) is 42.3 Å². The lowest BCUT2D eigenvalue weighted by atomic mass is 9.98. The lowest BCUT2D eigenvalue weighted by Gasteiger charge is -2.27. The van der Waals surface area contributed by atoms with E-state index in [9.17, 15) is 63.0 Å². The summed E-state index contributed by atoms with van der Waals surface area (Å²) in [5.41, 5.74) is 6.70. The third-order valence-corrected chi connectivity index (χ3v) is 10.7. The summed E-state index contributed by atoms with van der Waals surface area (Å²) in [6.07, 6.45) is 5.82. The topological polar surface area (TPSA) is 437 Å². The first kappa shape index (κ1) is 56.1. The zero-order valence-corrected chi connectivity index (χ0v) is 39.1. The largest absolute Gasteiger partial charge is 0.481 e. The van der Waals surface area contributed by atoms with E-state index in [1.807, 2.05) is 0 Å². The van der Waals surface area contributed by atoms with Crippen molar-refractivity contribution < 1.29 is 63.0 Å². The molecule has 0 aliphatic heterocycles. The first-order valence-corrected chi connectivity index (χ1v) is 22.1. The van der Waals surface area contributed by atoms with E-state index in [1.54, 1.807) is 27.7 Å². The Morgan fingerprint density at radius 2 is 1.00 bits per heavy atom. The van der Waals surface area contributed by atoms with Gasteiger partial charge in [-0.2, -0.15) is 0 Å². The second-order valence-corrected chi connectivity index (χ2v) is 16.7. The van der Waals surface area contributed by atoms with Crippen LogP contribution in [0.5, 0.6) is 0 Å². The zero-order valence-electron chi connectivity index (χ0n) is 39.1. The van der Waals surface area contributed by atoms with Crippen molar-refractivity contribution in [2.45, 2.75) is 122 Å². The molecule has 0 unspecified atom stereocenters. The number of imidazole rings is 3. The van der Waals surface area contributed by atoms with E-state index in [1.165, 1.54) is 37.6 Å². The number of carbonyl (C=O) groups excluding carboxylic acids is 9. The lowest BCUT2D eigenvalue weighted by Crippen LogP contribution is -2.60. The van der Waals surface area contributed by atoms with Crippen molar-refractivity contribution in [1.82, 2.24) is 72.4 Å². The van der Waals surface area contributed by atoms with Crippen LogP contribution in [0.15, 0.2) is 37.6 Å². The maximum absolute atomic E-state index is 14.0. The minimum atomic E-state index is -1.93. The molecule has 3 heterocycles. The van der Waals surface area contributed by atoms with Crippen molar-refractivity contribution in [2.75, 3.05) is 6.54 Å². The summed E-state index contributed by atoms with van der Waals surface area (Å²) in [6.45, 7) is 7.11. The highest BCUT2D eigenvalue weighted by atomic mass is 16.4. The quantitative estimate of drug-likeness (QED) is 0.0302. The highest BCUT2D eigenvalue weighted by Gasteiger charge is 2.35. The number of hydrogen-bond donors (Lipinski definition) is 14. The van der Waals surface area contributed by atoms with Gasteiger partial charge in [0.05, 0.1) is 31.9 Å². The molecule has 28 heteroatoms. The predicted molar refractivity (Wildman–Crippen MR) is 242 cm³/mol. The van der Waals surface area contributed by atoms with Gasteiger partial charge in [-0.25, -0.2) is 15.0 Å². The first-order chi connectivity index (χ1) is 33.1. The SMILES string of the molecule is CC[C@H](C)[C@H](NC(=O)[C@H](Cc1cnc[nH]1)NC(=O)CNC(=O)[C@@H](NC(=O)[C@H](Cc1cnc[nH]1)NC(=O)[C@H](CC(=O)O)NC(=O)[C@H](CCC(=O)O)NC(=O)[C@H](Cc1cnc[nH]1)NC(C)=O)C(C)C)C(N)=O. The summed E-state index contributed by atoms with van der Waals surface area (Å²) in [6, 6.07) is -10.1. The average molecular weight is 984 g/mol. The van der Waals surface area contributed by atoms with Crippen molar-refractivity contribution >= 4 is 65.1 Å². The van der Waals surface area contributed by atoms with Gasteiger partial charge in [0.15, 0.2) is 0 Å². The Bertz CT molecular complexity index is 2270. The van der Waals surface area contributed by atoms with Crippen LogP contribution in [0, 0.1) is 11.8 Å². The van der Waals surface area contributed by atoms with Crippen molar-refractivity contribution in [1.29, 1.82) is 0 Å². The van der Waals surface area contributed by atoms with Crippen LogP contribution in [-0.4, -0.2) is 154 Å². The molecule has 28 nitrogen and oxygen atoms in total. The van der Waals surface area contributed by atoms with E-state index in [4.69, 9.17) is 5.73 Å². The average Bonchev–Trinajstić information content (AvgIpc) is 4.12. The van der Waals surface area contributed by atoms with Crippen LogP contribution in [0.4, 0.5) is 0 Å². The Morgan fingerprint density at radius 3 is 1.43 bits per heavy atom. The molecule has 0 saturated heterocycles. The Hall–Kier alpha value is -8.20. The Kier molecular flexibility index (Phi) is 22.1. The van der Waals surface area contributed by atoms with Crippen molar-refractivity contribution in [3.05, 3.63) is 54.7 Å².